The molecule has 1 saturated carbocycles. The van der Waals surface area contributed by atoms with Crippen LogP contribution in [0.5, 0.6) is 0 Å². The fraction of sp³-hybridized carbons (Fsp3) is 0.933. The smallest absolute Gasteiger partial charge is 0.307 e. The summed E-state index contributed by atoms with van der Waals surface area (Å²) in [5.41, 5.74) is 0.465. The maximum Gasteiger partial charge on any atom is 0.307 e. The molecule has 0 heterocycles. The maximum absolute atomic E-state index is 11.0. The molecule has 0 aromatic heterocycles. The molecule has 0 saturated heterocycles. The van der Waals surface area contributed by atoms with Crippen LogP contribution in [-0.4, -0.2) is 35.1 Å². The summed E-state index contributed by atoms with van der Waals surface area (Å²) >= 11 is 0. The van der Waals surface area contributed by atoms with Gasteiger partial charge >= 0.3 is 5.97 Å². The van der Waals surface area contributed by atoms with Crippen molar-refractivity contribution >= 4 is 5.97 Å². The van der Waals surface area contributed by atoms with Gasteiger partial charge in [0, 0.05) is 12.6 Å². The highest BCUT2D eigenvalue weighted by Crippen LogP contribution is 2.35. The van der Waals surface area contributed by atoms with Crippen LogP contribution in [0.25, 0.3) is 0 Å². The molecule has 3 nitrogen and oxygen atoms in total. The van der Waals surface area contributed by atoms with Gasteiger partial charge in [0.1, 0.15) is 0 Å². The number of carboxylic acid groups (broad SMARTS) is 1. The molecule has 1 fully saturated rings. The van der Waals surface area contributed by atoms with Crippen molar-refractivity contribution in [3.05, 3.63) is 0 Å². The summed E-state index contributed by atoms with van der Waals surface area (Å²) < 4.78 is 0. The van der Waals surface area contributed by atoms with Crippen LogP contribution >= 0.6 is 0 Å². The summed E-state index contributed by atoms with van der Waals surface area (Å²) in [5, 5.41) is 9.04. The van der Waals surface area contributed by atoms with Gasteiger partial charge in [0.2, 0.25) is 0 Å². The van der Waals surface area contributed by atoms with Crippen molar-refractivity contribution in [3.63, 3.8) is 0 Å². The molecular weight excluding hydrogens is 226 g/mol. The topological polar surface area (TPSA) is 40.5 Å². The molecule has 2 atom stereocenters. The summed E-state index contributed by atoms with van der Waals surface area (Å²) in [7, 11) is 0. The molecule has 0 spiro atoms. The van der Waals surface area contributed by atoms with Gasteiger partial charge in [0.05, 0.1) is 5.92 Å². The largest absolute Gasteiger partial charge is 0.481 e. The molecule has 1 aliphatic rings. The van der Waals surface area contributed by atoms with Gasteiger partial charge in [0.15, 0.2) is 0 Å². The van der Waals surface area contributed by atoms with Crippen molar-refractivity contribution in [2.24, 2.45) is 11.3 Å². The standard InChI is InChI=1S/C15H29NO2/c1-5-16(11-12(2)14(17)18)13-7-6-9-15(3,4)10-8-13/h12-13H,5-11H2,1-4H3,(H,17,18). The SMILES string of the molecule is CCN(CC(C)C(=O)O)C1CCCC(C)(C)CC1. The monoisotopic (exact) mass is 255 g/mol. The Hall–Kier alpha value is -0.570. The lowest BCUT2D eigenvalue weighted by molar-refractivity contribution is -0.141. The van der Waals surface area contributed by atoms with Crippen molar-refractivity contribution in [2.75, 3.05) is 13.1 Å². The van der Waals surface area contributed by atoms with E-state index < -0.39 is 5.97 Å². The molecule has 0 radical (unpaired) electrons. The van der Waals surface area contributed by atoms with Crippen molar-refractivity contribution in [1.82, 2.24) is 4.90 Å². The summed E-state index contributed by atoms with van der Waals surface area (Å²) in [4.78, 5) is 13.4. The highest BCUT2D eigenvalue weighted by molar-refractivity contribution is 5.69. The third-order valence-corrected chi connectivity index (χ3v) is 4.40. The Kier molecular flexibility index (Phi) is 5.64. The molecule has 3 heteroatoms. The lowest BCUT2D eigenvalue weighted by Gasteiger charge is -2.31. The van der Waals surface area contributed by atoms with E-state index in [1.54, 1.807) is 0 Å². The second-order valence-electron chi connectivity index (χ2n) is 6.58. The first kappa shape index (κ1) is 15.5. The van der Waals surface area contributed by atoms with Gasteiger partial charge in [-0.1, -0.05) is 34.1 Å². The summed E-state index contributed by atoms with van der Waals surface area (Å²) in [6, 6.07) is 0.582. The van der Waals surface area contributed by atoms with E-state index in [0.717, 1.165) is 6.54 Å². The van der Waals surface area contributed by atoms with Crippen molar-refractivity contribution in [3.8, 4) is 0 Å². The van der Waals surface area contributed by atoms with Crippen LogP contribution in [0.15, 0.2) is 0 Å². The summed E-state index contributed by atoms with van der Waals surface area (Å²) in [6.07, 6.45) is 6.28. The highest BCUT2D eigenvalue weighted by atomic mass is 16.4. The summed E-state index contributed by atoms with van der Waals surface area (Å²) in [6.45, 7) is 10.3. The average Bonchev–Trinajstić information content (AvgIpc) is 2.46. The number of carboxylic acids is 1. The molecule has 2 unspecified atom stereocenters. The second kappa shape index (κ2) is 6.55. The molecule has 18 heavy (non-hydrogen) atoms. The van der Waals surface area contributed by atoms with Gasteiger partial charge in [0.25, 0.3) is 0 Å². The Bertz CT molecular complexity index is 276. The number of nitrogens with zero attached hydrogens (tertiary/aromatic N) is 1. The Morgan fingerprint density at radius 2 is 2.06 bits per heavy atom. The van der Waals surface area contributed by atoms with E-state index in [1.165, 1.54) is 32.1 Å². The van der Waals surface area contributed by atoms with Crippen LogP contribution < -0.4 is 0 Å². The van der Waals surface area contributed by atoms with Gasteiger partial charge in [-0.2, -0.15) is 0 Å². The van der Waals surface area contributed by atoms with Gasteiger partial charge < -0.3 is 5.11 Å². The lowest BCUT2D eigenvalue weighted by Crippen LogP contribution is -2.39. The Labute approximate surface area is 112 Å². The highest BCUT2D eigenvalue weighted by Gasteiger charge is 2.28. The fourth-order valence-electron chi connectivity index (χ4n) is 2.97. The Morgan fingerprint density at radius 1 is 1.39 bits per heavy atom. The zero-order chi connectivity index (χ0) is 13.8. The Morgan fingerprint density at radius 3 is 2.61 bits per heavy atom. The number of carbonyl (C=O) groups is 1. The maximum atomic E-state index is 11.0. The molecule has 1 rings (SSSR count). The van der Waals surface area contributed by atoms with E-state index in [4.69, 9.17) is 5.11 Å². The van der Waals surface area contributed by atoms with Crippen LogP contribution in [0.1, 0.15) is 59.8 Å². The number of aliphatic carboxylic acids is 1. The molecule has 0 amide bonds. The van der Waals surface area contributed by atoms with Crippen LogP contribution in [0, 0.1) is 11.3 Å². The minimum Gasteiger partial charge on any atom is -0.481 e. The van der Waals surface area contributed by atoms with Crippen LogP contribution in [0.3, 0.4) is 0 Å². The predicted molar refractivity (Wildman–Crippen MR) is 74.7 cm³/mol. The van der Waals surface area contributed by atoms with E-state index >= 15 is 0 Å². The van der Waals surface area contributed by atoms with Gasteiger partial charge in [-0.25, -0.2) is 0 Å². The fourth-order valence-corrected chi connectivity index (χ4v) is 2.97. The van der Waals surface area contributed by atoms with E-state index in [-0.39, 0.29) is 5.92 Å². The van der Waals surface area contributed by atoms with E-state index in [0.29, 0.717) is 18.0 Å². The van der Waals surface area contributed by atoms with Crippen LogP contribution in [0.2, 0.25) is 0 Å². The normalized spacial score (nSPS) is 25.7. The van der Waals surface area contributed by atoms with Gasteiger partial charge in [-0.3, -0.25) is 9.69 Å². The molecule has 0 aromatic carbocycles. The average molecular weight is 255 g/mol. The first-order valence-corrected chi connectivity index (χ1v) is 7.32. The van der Waals surface area contributed by atoms with Crippen molar-refractivity contribution < 1.29 is 9.90 Å². The molecule has 1 aliphatic carbocycles. The predicted octanol–water partition coefficient (Wildman–Crippen LogP) is 3.39. The first-order valence-electron chi connectivity index (χ1n) is 7.32. The van der Waals surface area contributed by atoms with E-state index in [9.17, 15) is 4.79 Å². The van der Waals surface area contributed by atoms with Crippen molar-refractivity contribution in [2.45, 2.75) is 65.8 Å². The number of hydrogen-bond donors (Lipinski definition) is 1. The van der Waals surface area contributed by atoms with Gasteiger partial charge in [-0.05, 0) is 37.6 Å². The molecule has 0 aliphatic heterocycles. The minimum absolute atomic E-state index is 0.263. The quantitative estimate of drug-likeness (QED) is 0.766. The lowest BCUT2D eigenvalue weighted by atomic mass is 9.85. The van der Waals surface area contributed by atoms with E-state index in [1.807, 2.05) is 6.92 Å². The summed E-state index contributed by atoms with van der Waals surface area (Å²) in [5.74, 6) is -0.941. The zero-order valence-corrected chi connectivity index (χ0v) is 12.4. The zero-order valence-electron chi connectivity index (χ0n) is 12.4. The Balaban J connectivity index is 2.57. The molecule has 1 N–H and O–H groups in total. The molecular formula is C15H29NO2. The molecule has 106 valence electrons. The molecule has 0 bridgehead atoms. The third-order valence-electron chi connectivity index (χ3n) is 4.40. The van der Waals surface area contributed by atoms with E-state index in [2.05, 4.69) is 25.7 Å². The number of hydrogen-bond acceptors (Lipinski definition) is 2. The first-order chi connectivity index (χ1) is 8.35. The van der Waals surface area contributed by atoms with Crippen molar-refractivity contribution in [1.29, 1.82) is 0 Å². The van der Waals surface area contributed by atoms with Crippen LogP contribution in [-0.2, 0) is 4.79 Å². The minimum atomic E-state index is -0.678. The number of rotatable bonds is 5. The van der Waals surface area contributed by atoms with Gasteiger partial charge in [-0.15, -0.1) is 0 Å². The second-order valence-corrected chi connectivity index (χ2v) is 6.58. The van der Waals surface area contributed by atoms with Crippen LogP contribution in [0.4, 0.5) is 0 Å². The third kappa shape index (κ3) is 4.60. The molecule has 0 aromatic rings.